The van der Waals surface area contributed by atoms with Gasteiger partial charge in [-0.2, -0.15) is 0 Å². The average molecular weight is 391 g/mol. The Morgan fingerprint density at radius 3 is 2.21 bits per heavy atom. The number of aromatic hydroxyl groups is 1. The van der Waals surface area contributed by atoms with Crippen LogP contribution in [0.3, 0.4) is 0 Å². The van der Waals surface area contributed by atoms with E-state index in [2.05, 4.69) is 50.6 Å². The second-order valence-corrected chi connectivity index (χ2v) is 7.56. The lowest BCUT2D eigenvalue weighted by molar-refractivity contribution is 0.109. The van der Waals surface area contributed by atoms with E-state index in [1.165, 1.54) is 37.9 Å². The molecule has 0 aliphatic carbocycles. The molecule has 0 spiro atoms. The number of phenols is 1. The molecule has 19 heavy (non-hydrogen) atoms. The topological polar surface area (TPSA) is 23.5 Å². The van der Waals surface area contributed by atoms with Crippen LogP contribution in [0.4, 0.5) is 0 Å². The first-order chi connectivity index (χ1) is 8.93. The molecule has 0 radical (unpaired) electrons. The Kier molecular flexibility index (Phi) is 4.96. The molecule has 1 aliphatic heterocycles. The van der Waals surface area contributed by atoms with E-state index in [1.54, 1.807) is 0 Å². The summed E-state index contributed by atoms with van der Waals surface area (Å²) in [4.78, 5) is 2.50. The minimum atomic E-state index is 0.279. The number of benzene rings is 1. The van der Waals surface area contributed by atoms with Gasteiger partial charge in [0.1, 0.15) is 5.75 Å². The highest BCUT2D eigenvalue weighted by Gasteiger charge is 2.28. The molecule has 0 unspecified atom stereocenters. The Labute approximate surface area is 132 Å². The highest BCUT2D eigenvalue weighted by Crippen LogP contribution is 2.36. The van der Waals surface area contributed by atoms with Gasteiger partial charge < -0.3 is 5.11 Å². The lowest BCUT2D eigenvalue weighted by Gasteiger charge is -2.39. The molecule has 0 atom stereocenters. The van der Waals surface area contributed by atoms with Gasteiger partial charge in [-0.15, -0.1) is 0 Å². The molecule has 106 valence electrons. The zero-order chi connectivity index (χ0) is 14.0. The van der Waals surface area contributed by atoms with E-state index in [1.807, 2.05) is 12.1 Å². The molecule has 0 aromatic heterocycles. The largest absolute Gasteiger partial charge is 0.506 e. The Hall–Kier alpha value is -0.0600. The van der Waals surface area contributed by atoms with Crippen molar-refractivity contribution in [1.82, 2.24) is 4.90 Å². The molecule has 4 heteroatoms. The zero-order valence-corrected chi connectivity index (χ0v) is 14.7. The fraction of sp³-hybridized carbons (Fsp3) is 0.600. The minimum absolute atomic E-state index is 0.279. The third-order valence-electron chi connectivity index (χ3n) is 4.40. The first-order valence-corrected chi connectivity index (χ1v) is 8.41. The summed E-state index contributed by atoms with van der Waals surface area (Å²) in [6.45, 7) is 7.99. The SMILES string of the molecule is CCC1(C)CCN(Cc2cc(Br)c(O)c(Br)c2)CC1. The van der Waals surface area contributed by atoms with Gasteiger partial charge >= 0.3 is 0 Å². The number of nitrogens with zero attached hydrogens (tertiary/aromatic N) is 1. The number of phenolic OH excluding ortho intramolecular Hbond substituents is 1. The number of rotatable bonds is 3. The van der Waals surface area contributed by atoms with Gasteiger partial charge in [-0.25, -0.2) is 0 Å². The summed E-state index contributed by atoms with van der Waals surface area (Å²) < 4.78 is 1.51. The quantitative estimate of drug-likeness (QED) is 0.790. The standard InChI is InChI=1S/C15H21Br2NO/c1-3-15(2)4-6-18(7-5-15)10-11-8-12(16)14(19)13(17)9-11/h8-9,19H,3-7,10H2,1-2H3. The molecule has 2 nitrogen and oxygen atoms in total. The molecule has 1 N–H and O–H groups in total. The summed E-state index contributed by atoms with van der Waals surface area (Å²) in [6.07, 6.45) is 3.84. The van der Waals surface area contributed by atoms with Crippen LogP contribution in [0.2, 0.25) is 0 Å². The summed E-state index contributed by atoms with van der Waals surface area (Å²) in [7, 11) is 0. The molecule has 1 saturated heterocycles. The molecule has 1 aliphatic rings. The fourth-order valence-electron chi connectivity index (χ4n) is 2.57. The van der Waals surface area contributed by atoms with E-state index in [9.17, 15) is 5.11 Å². The van der Waals surface area contributed by atoms with Crippen LogP contribution in [0, 0.1) is 5.41 Å². The van der Waals surface area contributed by atoms with E-state index in [0.717, 1.165) is 15.5 Å². The van der Waals surface area contributed by atoms with Crippen molar-refractivity contribution in [3.63, 3.8) is 0 Å². The monoisotopic (exact) mass is 389 g/mol. The third kappa shape index (κ3) is 3.73. The van der Waals surface area contributed by atoms with Gasteiger partial charge in [0.2, 0.25) is 0 Å². The van der Waals surface area contributed by atoms with Crippen molar-refractivity contribution >= 4 is 31.9 Å². The maximum Gasteiger partial charge on any atom is 0.143 e. The number of hydrogen-bond donors (Lipinski definition) is 1. The van der Waals surface area contributed by atoms with E-state index in [-0.39, 0.29) is 5.75 Å². The van der Waals surface area contributed by atoms with E-state index >= 15 is 0 Å². The second kappa shape index (κ2) is 6.15. The number of hydrogen-bond acceptors (Lipinski definition) is 2. The van der Waals surface area contributed by atoms with Gasteiger partial charge in [0, 0.05) is 6.54 Å². The Morgan fingerprint density at radius 2 is 1.74 bits per heavy atom. The highest BCUT2D eigenvalue weighted by molar-refractivity contribution is 9.11. The summed E-state index contributed by atoms with van der Waals surface area (Å²) in [5, 5.41) is 9.73. The fourth-order valence-corrected chi connectivity index (χ4v) is 3.85. The van der Waals surface area contributed by atoms with Crippen LogP contribution in [0.25, 0.3) is 0 Å². The van der Waals surface area contributed by atoms with Crippen molar-refractivity contribution in [2.45, 2.75) is 39.7 Å². The van der Waals surface area contributed by atoms with Crippen LogP contribution in [-0.4, -0.2) is 23.1 Å². The van der Waals surface area contributed by atoms with E-state index in [0.29, 0.717) is 5.41 Å². The van der Waals surface area contributed by atoms with Crippen LogP contribution in [0.5, 0.6) is 5.75 Å². The van der Waals surface area contributed by atoms with Crippen molar-refractivity contribution < 1.29 is 5.11 Å². The first kappa shape index (κ1) is 15.3. The molecule has 1 aromatic carbocycles. The Morgan fingerprint density at radius 1 is 1.21 bits per heavy atom. The van der Waals surface area contributed by atoms with E-state index < -0.39 is 0 Å². The van der Waals surface area contributed by atoms with Crippen molar-refractivity contribution in [1.29, 1.82) is 0 Å². The Bertz CT molecular complexity index is 430. The summed E-state index contributed by atoms with van der Waals surface area (Å²) >= 11 is 6.78. The maximum atomic E-state index is 9.73. The van der Waals surface area contributed by atoms with Crippen LogP contribution < -0.4 is 0 Å². The zero-order valence-electron chi connectivity index (χ0n) is 11.5. The average Bonchev–Trinajstić information content (AvgIpc) is 2.39. The van der Waals surface area contributed by atoms with Gasteiger partial charge in [0.05, 0.1) is 8.95 Å². The first-order valence-electron chi connectivity index (χ1n) is 6.83. The van der Waals surface area contributed by atoms with Gasteiger partial charge in [0.25, 0.3) is 0 Å². The predicted octanol–water partition coefficient (Wildman–Crippen LogP) is 4.93. The van der Waals surface area contributed by atoms with Gasteiger partial charge in [-0.05, 0) is 80.9 Å². The van der Waals surface area contributed by atoms with Crippen LogP contribution in [0.15, 0.2) is 21.1 Å². The highest BCUT2D eigenvalue weighted by atomic mass is 79.9. The molecule has 0 saturated carbocycles. The van der Waals surface area contributed by atoms with Crippen molar-refractivity contribution in [2.75, 3.05) is 13.1 Å². The van der Waals surface area contributed by atoms with Crippen LogP contribution in [-0.2, 0) is 6.54 Å². The predicted molar refractivity (Wildman–Crippen MR) is 86.4 cm³/mol. The molecule has 1 heterocycles. The van der Waals surface area contributed by atoms with Crippen molar-refractivity contribution in [2.24, 2.45) is 5.41 Å². The number of piperidine rings is 1. The van der Waals surface area contributed by atoms with Gasteiger partial charge in [0.15, 0.2) is 0 Å². The minimum Gasteiger partial charge on any atom is -0.506 e. The third-order valence-corrected chi connectivity index (χ3v) is 5.61. The molecule has 0 bridgehead atoms. The smallest absolute Gasteiger partial charge is 0.143 e. The van der Waals surface area contributed by atoms with Gasteiger partial charge in [-0.1, -0.05) is 20.3 Å². The molecular formula is C15H21Br2NO. The van der Waals surface area contributed by atoms with Crippen LogP contribution >= 0.6 is 31.9 Å². The lowest BCUT2D eigenvalue weighted by Crippen LogP contribution is -2.37. The maximum absolute atomic E-state index is 9.73. The van der Waals surface area contributed by atoms with Crippen molar-refractivity contribution in [3.05, 3.63) is 26.6 Å². The van der Waals surface area contributed by atoms with E-state index in [4.69, 9.17) is 0 Å². The molecule has 2 rings (SSSR count). The Balaban J connectivity index is 2.00. The molecule has 0 amide bonds. The molecule has 1 fully saturated rings. The number of likely N-dealkylation sites (tertiary alicyclic amines) is 1. The van der Waals surface area contributed by atoms with Crippen LogP contribution in [0.1, 0.15) is 38.7 Å². The second-order valence-electron chi connectivity index (χ2n) is 5.85. The van der Waals surface area contributed by atoms with Gasteiger partial charge in [-0.3, -0.25) is 4.90 Å². The summed E-state index contributed by atoms with van der Waals surface area (Å²) in [6, 6.07) is 4.02. The molecule has 1 aromatic rings. The van der Waals surface area contributed by atoms with Crippen molar-refractivity contribution in [3.8, 4) is 5.75 Å². The normalized spacial score (nSPS) is 19.6. The lowest BCUT2D eigenvalue weighted by atomic mass is 9.78. The summed E-state index contributed by atoms with van der Waals surface area (Å²) in [5.41, 5.74) is 1.77. The summed E-state index contributed by atoms with van der Waals surface area (Å²) in [5.74, 6) is 0.279. The number of halogens is 2. The molecular weight excluding hydrogens is 370 g/mol.